The van der Waals surface area contributed by atoms with E-state index in [4.69, 9.17) is 0 Å². The largest absolute Gasteiger partial charge is 0.435 e. The van der Waals surface area contributed by atoms with E-state index in [0.717, 1.165) is 10.5 Å². The number of ether oxygens (including phenoxy) is 2. The lowest BCUT2D eigenvalue weighted by Crippen LogP contribution is -3.08. The van der Waals surface area contributed by atoms with Gasteiger partial charge in [0.2, 0.25) is 0 Å². The van der Waals surface area contributed by atoms with Crippen molar-refractivity contribution in [3.8, 4) is 11.5 Å². The summed E-state index contributed by atoms with van der Waals surface area (Å²) in [6, 6.07) is 11.8. The number of carbonyl (C=O) groups is 1. The summed E-state index contributed by atoms with van der Waals surface area (Å²) in [6.45, 7) is -5.11. The van der Waals surface area contributed by atoms with Crippen LogP contribution >= 0.6 is 0 Å². The van der Waals surface area contributed by atoms with Crippen LogP contribution in [-0.4, -0.2) is 32.7 Å². The predicted molar refractivity (Wildman–Crippen MR) is 90.2 cm³/mol. The van der Waals surface area contributed by atoms with Crippen molar-refractivity contribution in [3.05, 3.63) is 54.1 Å². The molecule has 1 amide bonds. The monoisotopic (exact) mass is 387 g/mol. The fraction of sp³-hybridized carbons (Fsp3) is 0.278. The van der Waals surface area contributed by atoms with Crippen LogP contribution in [0.4, 0.5) is 23.2 Å². The van der Waals surface area contributed by atoms with E-state index >= 15 is 0 Å². The Balaban J connectivity index is 1.81. The minimum absolute atomic E-state index is 0.00464. The Morgan fingerprint density at radius 3 is 1.89 bits per heavy atom. The van der Waals surface area contributed by atoms with Crippen LogP contribution < -0.4 is 19.7 Å². The second-order valence-corrected chi connectivity index (χ2v) is 5.78. The number of anilines is 1. The Morgan fingerprint density at radius 1 is 0.926 bits per heavy atom. The zero-order valence-corrected chi connectivity index (χ0v) is 14.4. The third-order valence-corrected chi connectivity index (χ3v) is 3.48. The summed E-state index contributed by atoms with van der Waals surface area (Å²) in [6.07, 6.45) is 0. The van der Waals surface area contributed by atoms with Crippen molar-refractivity contribution in [2.24, 2.45) is 0 Å². The Labute approximate surface area is 153 Å². The van der Waals surface area contributed by atoms with Crippen molar-refractivity contribution in [3.63, 3.8) is 0 Å². The molecule has 9 heteroatoms. The van der Waals surface area contributed by atoms with Gasteiger partial charge in [0.1, 0.15) is 18.0 Å². The van der Waals surface area contributed by atoms with Crippen molar-refractivity contribution < 1.29 is 36.7 Å². The van der Waals surface area contributed by atoms with Gasteiger partial charge >= 0.3 is 13.2 Å². The quantitative estimate of drug-likeness (QED) is 0.651. The smallest absolute Gasteiger partial charge is 0.387 e. The third-order valence-electron chi connectivity index (χ3n) is 3.48. The summed E-state index contributed by atoms with van der Waals surface area (Å²) in [5.74, 6) is -0.180. The van der Waals surface area contributed by atoms with Crippen molar-refractivity contribution in [1.82, 2.24) is 0 Å². The first-order valence-electron chi connectivity index (χ1n) is 8.01. The zero-order chi connectivity index (χ0) is 19.8. The topological polar surface area (TPSA) is 52.0 Å². The van der Waals surface area contributed by atoms with Crippen molar-refractivity contribution in [2.45, 2.75) is 19.8 Å². The van der Waals surface area contributed by atoms with Crippen LogP contribution in [0.1, 0.15) is 5.56 Å². The summed E-state index contributed by atoms with van der Waals surface area (Å²) in [5.41, 5.74) is 1.32. The number of amides is 1. The van der Waals surface area contributed by atoms with E-state index in [2.05, 4.69) is 14.8 Å². The number of benzene rings is 2. The van der Waals surface area contributed by atoms with Gasteiger partial charge in [-0.25, -0.2) is 0 Å². The van der Waals surface area contributed by atoms with E-state index in [0.29, 0.717) is 12.2 Å². The molecule has 0 aliphatic rings. The molecule has 0 heterocycles. The standard InChI is InChI=1S/C18H18F4N2O3/c1-24(10-12-2-6-14(7-3-12)26-17(19)20)11-16(25)23-13-4-8-15(9-5-13)27-18(21)22/h2-9,17-18H,10-11H2,1H3,(H,23,25)/p+1. The van der Waals surface area contributed by atoms with Crippen LogP contribution in [0.25, 0.3) is 0 Å². The highest BCUT2D eigenvalue weighted by atomic mass is 19.3. The molecule has 0 saturated carbocycles. The molecule has 0 aliphatic carbocycles. The van der Waals surface area contributed by atoms with Gasteiger partial charge in [0, 0.05) is 11.3 Å². The van der Waals surface area contributed by atoms with Gasteiger partial charge in [0.05, 0.1) is 7.05 Å². The summed E-state index contributed by atoms with van der Waals surface area (Å²) in [7, 11) is 1.81. The maximum absolute atomic E-state index is 12.1. The number of hydrogen-bond donors (Lipinski definition) is 2. The van der Waals surface area contributed by atoms with Crippen LogP contribution in [0, 0.1) is 0 Å². The van der Waals surface area contributed by atoms with E-state index in [1.165, 1.54) is 36.4 Å². The van der Waals surface area contributed by atoms with E-state index in [9.17, 15) is 22.4 Å². The van der Waals surface area contributed by atoms with Gasteiger partial charge in [-0.1, -0.05) is 0 Å². The van der Waals surface area contributed by atoms with E-state index < -0.39 is 13.2 Å². The molecule has 1 atom stereocenters. The molecule has 0 aliphatic heterocycles. The molecular formula is C18H19F4N2O3+. The number of rotatable bonds is 9. The fourth-order valence-electron chi connectivity index (χ4n) is 2.40. The number of nitrogens with one attached hydrogen (secondary N) is 2. The Bertz CT molecular complexity index is 724. The molecule has 27 heavy (non-hydrogen) atoms. The van der Waals surface area contributed by atoms with E-state index in [1.54, 1.807) is 12.1 Å². The molecule has 0 spiro atoms. The average Bonchev–Trinajstić information content (AvgIpc) is 2.57. The molecule has 0 aromatic heterocycles. The second kappa shape index (κ2) is 9.77. The molecular weight excluding hydrogens is 368 g/mol. The predicted octanol–water partition coefficient (Wildman–Crippen LogP) is 2.54. The Hall–Kier alpha value is -2.81. The van der Waals surface area contributed by atoms with Gasteiger partial charge in [0.25, 0.3) is 5.91 Å². The van der Waals surface area contributed by atoms with Gasteiger partial charge in [-0.05, 0) is 48.5 Å². The van der Waals surface area contributed by atoms with Crippen molar-refractivity contribution >= 4 is 11.6 Å². The van der Waals surface area contributed by atoms with Crippen LogP contribution in [0.3, 0.4) is 0 Å². The first kappa shape index (κ1) is 20.5. The number of quaternary nitrogens is 1. The normalized spacial score (nSPS) is 12.1. The van der Waals surface area contributed by atoms with Crippen LogP contribution in [0.5, 0.6) is 11.5 Å². The number of alkyl halides is 4. The van der Waals surface area contributed by atoms with Gasteiger partial charge in [-0.15, -0.1) is 0 Å². The Morgan fingerprint density at radius 2 is 1.41 bits per heavy atom. The van der Waals surface area contributed by atoms with Crippen LogP contribution in [-0.2, 0) is 11.3 Å². The molecule has 2 rings (SSSR count). The van der Waals surface area contributed by atoms with Crippen molar-refractivity contribution in [2.75, 3.05) is 18.9 Å². The molecule has 5 nitrogen and oxygen atoms in total. The maximum Gasteiger partial charge on any atom is 0.387 e. The van der Waals surface area contributed by atoms with Gasteiger partial charge in [0.15, 0.2) is 6.54 Å². The highest BCUT2D eigenvalue weighted by Crippen LogP contribution is 2.17. The Kier molecular flexibility index (Phi) is 7.42. The first-order chi connectivity index (χ1) is 12.8. The minimum Gasteiger partial charge on any atom is -0.435 e. The number of likely N-dealkylation sites (N-methyl/N-ethyl adjacent to an activating group) is 1. The molecule has 1 unspecified atom stereocenters. The van der Waals surface area contributed by atoms with Crippen LogP contribution in [0.2, 0.25) is 0 Å². The number of hydrogen-bond acceptors (Lipinski definition) is 3. The average molecular weight is 387 g/mol. The summed E-state index contributed by atoms with van der Waals surface area (Å²) in [4.78, 5) is 12.9. The fourth-order valence-corrected chi connectivity index (χ4v) is 2.40. The summed E-state index contributed by atoms with van der Waals surface area (Å²) < 4.78 is 56.9. The number of carbonyl (C=O) groups excluding carboxylic acids is 1. The van der Waals surface area contributed by atoms with Crippen molar-refractivity contribution in [1.29, 1.82) is 0 Å². The highest BCUT2D eigenvalue weighted by Gasteiger charge is 2.12. The zero-order valence-electron chi connectivity index (χ0n) is 14.4. The third kappa shape index (κ3) is 7.53. The molecule has 0 bridgehead atoms. The van der Waals surface area contributed by atoms with Gasteiger partial charge in [-0.2, -0.15) is 17.6 Å². The first-order valence-corrected chi connectivity index (χ1v) is 8.01. The second-order valence-electron chi connectivity index (χ2n) is 5.78. The van der Waals surface area contributed by atoms with E-state index in [1.807, 2.05) is 7.05 Å². The van der Waals surface area contributed by atoms with E-state index in [-0.39, 0.29) is 24.0 Å². The SMILES string of the molecule is C[NH+](CC(=O)Nc1ccc(OC(F)F)cc1)Cc1ccc(OC(F)F)cc1. The van der Waals surface area contributed by atoms with Gasteiger partial charge in [-0.3, -0.25) is 4.79 Å². The summed E-state index contributed by atoms with van der Waals surface area (Å²) in [5, 5.41) is 2.66. The lowest BCUT2D eigenvalue weighted by molar-refractivity contribution is -0.885. The highest BCUT2D eigenvalue weighted by molar-refractivity contribution is 5.91. The summed E-state index contributed by atoms with van der Waals surface area (Å²) >= 11 is 0. The lowest BCUT2D eigenvalue weighted by atomic mass is 10.2. The molecule has 0 fully saturated rings. The molecule has 0 saturated heterocycles. The number of halogens is 4. The molecule has 2 aromatic rings. The lowest BCUT2D eigenvalue weighted by Gasteiger charge is -2.14. The molecule has 0 radical (unpaired) electrons. The molecule has 2 N–H and O–H groups in total. The maximum atomic E-state index is 12.1. The van der Waals surface area contributed by atoms with Crippen LogP contribution in [0.15, 0.2) is 48.5 Å². The molecule has 2 aromatic carbocycles. The molecule has 146 valence electrons. The minimum atomic E-state index is -2.90. The van der Waals surface area contributed by atoms with Gasteiger partial charge < -0.3 is 19.7 Å².